The summed E-state index contributed by atoms with van der Waals surface area (Å²) in [6, 6.07) is 3.08. The van der Waals surface area contributed by atoms with Crippen LogP contribution in [0.15, 0.2) is 18.3 Å². The third-order valence-corrected chi connectivity index (χ3v) is 2.28. The van der Waals surface area contributed by atoms with Crippen LogP contribution in [0.4, 0.5) is 0 Å². The molecule has 0 aliphatic rings. The minimum atomic E-state index is -0.974. The van der Waals surface area contributed by atoms with Crippen LogP contribution in [0.1, 0.15) is 37.0 Å². The summed E-state index contributed by atoms with van der Waals surface area (Å²) in [4.78, 5) is 14.5. The number of aromatic nitrogens is 1. The fourth-order valence-corrected chi connectivity index (χ4v) is 1.40. The molecule has 0 aliphatic heterocycles. The monoisotopic (exact) mass is 223 g/mol. The van der Waals surface area contributed by atoms with Gasteiger partial charge >= 0.3 is 5.97 Å². The van der Waals surface area contributed by atoms with Crippen molar-refractivity contribution in [1.29, 1.82) is 0 Å². The van der Waals surface area contributed by atoms with E-state index >= 15 is 0 Å². The van der Waals surface area contributed by atoms with Gasteiger partial charge in [-0.3, -0.25) is 0 Å². The summed E-state index contributed by atoms with van der Waals surface area (Å²) in [5, 5.41) is 8.68. The Morgan fingerprint density at radius 1 is 1.56 bits per heavy atom. The van der Waals surface area contributed by atoms with Crippen molar-refractivity contribution in [1.82, 2.24) is 4.98 Å². The molecule has 1 heterocycles. The summed E-state index contributed by atoms with van der Waals surface area (Å²) in [7, 11) is 0. The second-order valence-corrected chi connectivity index (χ2v) is 3.90. The number of hydrogen-bond donors (Lipinski definition) is 1. The molecule has 4 nitrogen and oxygen atoms in total. The number of ether oxygens (including phenoxy) is 1. The fourth-order valence-electron chi connectivity index (χ4n) is 1.40. The largest absolute Gasteiger partial charge is 0.478 e. The van der Waals surface area contributed by atoms with Gasteiger partial charge < -0.3 is 9.84 Å². The van der Waals surface area contributed by atoms with E-state index in [2.05, 4.69) is 18.8 Å². The SMILES string of the molecule is CCCC(C)COc1ccc(C(=O)O)cn1. The third-order valence-electron chi connectivity index (χ3n) is 2.28. The quantitative estimate of drug-likeness (QED) is 0.805. The lowest BCUT2D eigenvalue weighted by atomic mass is 10.1. The Morgan fingerprint density at radius 3 is 2.81 bits per heavy atom. The first-order valence-electron chi connectivity index (χ1n) is 5.45. The summed E-state index contributed by atoms with van der Waals surface area (Å²) in [5.41, 5.74) is 0.175. The van der Waals surface area contributed by atoms with E-state index < -0.39 is 5.97 Å². The number of aromatic carboxylic acids is 1. The molecule has 1 aromatic rings. The molecule has 4 heteroatoms. The van der Waals surface area contributed by atoms with Crippen molar-refractivity contribution in [2.45, 2.75) is 26.7 Å². The number of rotatable bonds is 6. The van der Waals surface area contributed by atoms with Crippen molar-refractivity contribution in [2.75, 3.05) is 6.61 Å². The van der Waals surface area contributed by atoms with Gasteiger partial charge in [-0.2, -0.15) is 0 Å². The highest BCUT2D eigenvalue weighted by Gasteiger charge is 2.05. The van der Waals surface area contributed by atoms with Gasteiger partial charge in [0.15, 0.2) is 0 Å². The lowest BCUT2D eigenvalue weighted by Gasteiger charge is -2.11. The van der Waals surface area contributed by atoms with E-state index in [9.17, 15) is 4.79 Å². The Bertz CT molecular complexity index is 335. The van der Waals surface area contributed by atoms with Crippen molar-refractivity contribution >= 4 is 5.97 Å². The van der Waals surface area contributed by atoms with Crippen LogP contribution in [-0.4, -0.2) is 22.7 Å². The molecule has 1 unspecified atom stereocenters. The van der Waals surface area contributed by atoms with Gasteiger partial charge in [-0.1, -0.05) is 20.3 Å². The van der Waals surface area contributed by atoms with E-state index in [-0.39, 0.29) is 5.56 Å². The van der Waals surface area contributed by atoms with Crippen LogP contribution in [0.3, 0.4) is 0 Å². The average molecular weight is 223 g/mol. The Morgan fingerprint density at radius 2 is 2.31 bits per heavy atom. The van der Waals surface area contributed by atoms with Gasteiger partial charge in [0.1, 0.15) is 0 Å². The smallest absolute Gasteiger partial charge is 0.337 e. The Balaban J connectivity index is 2.46. The molecule has 1 N–H and O–H groups in total. The molecular formula is C12H17NO3. The lowest BCUT2D eigenvalue weighted by molar-refractivity contribution is 0.0696. The van der Waals surface area contributed by atoms with Gasteiger partial charge in [-0.05, 0) is 18.4 Å². The molecule has 1 atom stereocenters. The number of carboxylic acids is 1. The second kappa shape index (κ2) is 6.10. The molecule has 0 spiro atoms. The normalized spacial score (nSPS) is 12.1. The van der Waals surface area contributed by atoms with Gasteiger partial charge in [0, 0.05) is 12.3 Å². The first-order valence-corrected chi connectivity index (χ1v) is 5.45. The molecule has 0 bridgehead atoms. The van der Waals surface area contributed by atoms with Crippen LogP contribution in [0.2, 0.25) is 0 Å². The first kappa shape index (κ1) is 12.5. The summed E-state index contributed by atoms with van der Waals surface area (Å²) in [6.07, 6.45) is 3.56. The predicted octanol–water partition coefficient (Wildman–Crippen LogP) is 2.59. The average Bonchev–Trinajstić information content (AvgIpc) is 2.27. The van der Waals surface area contributed by atoms with Crippen LogP contribution < -0.4 is 4.74 Å². The molecule has 0 saturated carbocycles. The maximum atomic E-state index is 10.6. The molecule has 0 radical (unpaired) electrons. The lowest BCUT2D eigenvalue weighted by Crippen LogP contribution is -2.09. The number of hydrogen-bond acceptors (Lipinski definition) is 3. The molecule has 1 rings (SSSR count). The van der Waals surface area contributed by atoms with Gasteiger partial charge in [0.05, 0.1) is 12.2 Å². The highest BCUT2D eigenvalue weighted by molar-refractivity contribution is 5.87. The maximum Gasteiger partial charge on any atom is 0.337 e. The molecule has 16 heavy (non-hydrogen) atoms. The number of nitrogens with zero attached hydrogens (tertiary/aromatic N) is 1. The second-order valence-electron chi connectivity index (χ2n) is 3.90. The summed E-state index contributed by atoms with van der Waals surface area (Å²) in [5.74, 6) is -0.00250. The van der Waals surface area contributed by atoms with Crippen LogP contribution in [-0.2, 0) is 0 Å². The van der Waals surface area contributed by atoms with Crippen molar-refractivity contribution in [3.63, 3.8) is 0 Å². The van der Waals surface area contributed by atoms with E-state index in [1.165, 1.54) is 12.3 Å². The zero-order valence-corrected chi connectivity index (χ0v) is 9.64. The zero-order chi connectivity index (χ0) is 12.0. The van der Waals surface area contributed by atoms with E-state index in [4.69, 9.17) is 9.84 Å². The van der Waals surface area contributed by atoms with Crippen molar-refractivity contribution in [2.24, 2.45) is 5.92 Å². The molecule has 88 valence electrons. The summed E-state index contributed by atoms with van der Waals surface area (Å²) in [6.45, 7) is 4.87. The maximum absolute atomic E-state index is 10.6. The Kier molecular flexibility index (Phi) is 4.76. The Labute approximate surface area is 95.3 Å². The number of carboxylic acid groups (broad SMARTS) is 1. The number of carbonyl (C=O) groups is 1. The molecular weight excluding hydrogens is 206 g/mol. The molecule has 1 aromatic heterocycles. The van der Waals surface area contributed by atoms with Gasteiger partial charge in [0.2, 0.25) is 5.88 Å². The topological polar surface area (TPSA) is 59.4 Å². The van der Waals surface area contributed by atoms with Crippen LogP contribution in [0, 0.1) is 5.92 Å². The molecule has 0 aromatic carbocycles. The summed E-state index contributed by atoms with van der Waals surface area (Å²) >= 11 is 0. The van der Waals surface area contributed by atoms with E-state index in [0.29, 0.717) is 18.4 Å². The van der Waals surface area contributed by atoms with Crippen molar-refractivity contribution in [3.05, 3.63) is 23.9 Å². The van der Waals surface area contributed by atoms with Gasteiger partial charge in [-0.15, -0.1) is 0 Å². The van der Waals surface area contributed by atoms with Gasteiger partial charge in [0.25, 0.3) is 0 Å². The predicted molar refractivity (Wildman–Crippen MR) is 60.8 cm³/mol. The van der Waals surface area contributed by atoms with E-state index in [1.807, 2.05) is 0 Å². The first-order chi connectivity index (χ1) is 7.63. The van der Waals surface area contributed by atoms with Crippen molar-refractivity contribution in [3.8, 4) is 5.88 Å². The molecule has 0 aliphatic carbocycles. The minimum Gasteiger partial charge on any atom is -0.478 e. The van der Waals surface area contributed by atoms with Crippen LogP contribution >= 0.6 is 0 Å². The summed E-state index contributed by atoms with van der Waals surface area (Å²) < 4.78 is 5.45. The fraction of sp³-hybridized carbons (Fsp3) is 0.500. The highest BCUT2D eigenvalue weighted by Crippen LogP contribution is 2.11. The van der Waals surface area contributed by atoms with Crippen LogP contribution in [0.25, 0.3) is 0 Å². The van der Waals surface area contributed by atoms with E-state index in [0.717, 1.165) is 12.8 Å². The van der Waals surface area contributed by atoms with E-state index in [1.54, 1.807) is 6.07 Å². The highest BCUT2D eigenvalue weighted by atomic mass is 16.5. The van der Waals surface area contributed by atoms with Gasteiger partial charge in [-0.25, -0.2) is 9.78 Å². The molecule has 0 amide bonds. The Hall–Kier alpha value is -1.58. The zero-order valence-electron chi connectivity index (χ0n) is 9.64. The molecule has 0 saturated heterocycles. The number of pyridine rings is 1. The van der Waals surface area contributed by atoms with Crippen molar-refractivity contribution < 1.29 is 14.6 Å². The van der Waals surface area contributed by atoms with Crippen LogP contribution in [0.5, 0.6) is 5.88 Å². The third kappa shape index (κ3) is 3.88. The molecule has 0 fully saturated rings. The minimum absolute atomic E-state index is 0.175. The standard InChI is InChI=1S/C12H17NO3/c1-3-4-9(2)8-16-11-6-5-10(7-13-11)12(14)15/h5-7,9H,3-4,8H2,1-2H3,(H,14,15).